The lowest BCUT2D eigenvalue weighted by molar-refractivity contribution is -0.117. The van der Waals surface area contributed by atoms with Crippen LogP contribution in [0, 0.1) is 0 Å². The molecule has 5 rings (SSSR count). The minimum atomic E-state index is -4.03. The van der Waals surface area contributed by atoms with Crippen LogP contribution in [0.25, 0.3) is 10.8 Å². The number of hydrogen-bond acceptors (Lipinski definition) is 6. The Kier molecular flexibility index (Phi) is 5.58. The second-order valence-electron chi connectivity index (χ2n) is 8.66. The van der Waals surface area contributed by atoms with Crippen LogP contribution in [0.2, 0.25) is 5.02 Å². The lowest BCUT2D eigenvalue weighted by atomic mass is 9.89. The molecule has 34 heavy (non-hydrogen) atoms. The molecule has 1 atom stereocenters. The van der Waals surface area contributed by atoms with Crippen LogP contribution in [0.5, 0.6) is 0 Å². The number of nitrogens with zero attached hydrogens (tertiary/aromatic N) is 2. The molecule has 8 nitrogen and oxygen atoms in total. The fraction of sp³-hybridized carbons (Fsp3) is 0.292. The number of methoxy groups -OCH3 is 1. The highest BCUT2D eigenvalue weighted by Crippen LogP contribution is 2.42. The first-order chi connectivity index (χ1) is 16.2. The first-order valence-electron chi connectivity index (χ1n) is 10.8. The van der Waals surface area contributed by atoms with Gasteiger partial charge in [-0.1, -0.05) is 35.9 Å². The molecule has 1 fully saturated rings. The van der Waals surface area contributed by atoms with Gasteiger partial charge in [-0.3, -0.25) is 14.6 Å². The van der Waals surface area contributed by atoms with E-state index < -0.39 is 33.4 Å². The number of aromatic nitrogens is 1. The molecular weight excluding hydrogens is 478 g/mol. The summed E-state index contributed by atoms with van der Waals surface area (Å²) < 4.78 is 32.7. The van der Waals surface area contributed by atoms with Crippen LogP contribution in [0.15, 0.2) is 54.9 Å². The molecule has 0 unspecified atom stereocenters. The monoisotopic (exact) mass is 499 g/mol. The summed E-state index contributed by atoms with van der Waals surface area (Å²) >= 11 is 6.17. The molecular formula is C24H22ClN3O5S. The molecule has 1 aliphatic heterocycles. The van der Waals surface area contributed by atoms with Gasteiger partial charge in [0.25, 0.3) is 5.91 Å². The minimum Gasteiger partial charge on any atom is -0.377 e. The van der Waals surface area contributed by atoms with Gasteiger partial charge in [-0.2, -0.15) is 0 Å². The number of pyridine rings is 1. The summed E-state index contributed by atoms with van der Waals surface area (Å²) in [7, 11) is -2.57. The van der Waals surface area contributed by atoms with Crippen molar-refractivity contribution in [3.63, 3.8) is 0 Å². The number of nitrogens with one attached hydrogen (secondary N) is 1. The number of amides is 2. The molecule has 1 N–H and O–H groups in total. The average molecular weight is 500 g/mol. The second kappa shape index (κ2) is 8.33. The van der Waals surface area contributed by atoms with Crippen LogP contribution in [-0.4, -0.2) is 54.5 Å². The van der Waals surface area contributed by atoms with Crippen LogP contribution in [0.1, 0.15) is 34.7 Å². The molecule has 0 saturated heterocycles. The third kappa shape index (κ3) is 4.04. The van der Waals surface area contributed by atoms with E-state index in [9.17, 15) is 18.0 Å². The maximum atomic E-state index is 13.5. The predicted octanol–water partition coefficient (Wildman–Crippen LogP) is 3.58. The quantitative estimate of drug-likeness (QED) is 0.555. The van der Waals surface area contributed by atoms with Crippen molar-refractivity contribution >= 4 is 49.9 Å². The Labute approximate surface area is 201 Å². The van der Waals surface area contributed by atoms with Gasteiger partial charge in [0.15, 0.2) is 0 Å². The van der Waals surface area contributed by atoms with Gasteiger partial charge in [-0.15, -0.1) is 0 Å². The molecule has 1 aromatic heterocycles. The maximum absolute atomic E-state index is 13.5. The van der Waals surface area contributed by atoms with Crippen molar-refractivity contribution < 1.29 is 22.7 Å². The van der Waals surface area contributed by atoms with Gasteiger partial charge in [-0.05, 0) is 36.6 Å². The Morgan fingerprint density at radius 3 is 2.74 bits per heavy atom. The largest absolute Gasteiger partial charge is 0.377 e. The number of anilines is 1. The molecule has 2 aliphatic rings. The van der Waals surface area contributed by atoms with Crippen LogP contribution in [-0.2, 0) is 19.6 Å². The highest BCUT2D eigenvalue weighted by Gasteiger charge is 2.50. The van der Waals surface area contributed by atoms with Gasteiger partial charge in [0.1, 0.15) is 0 Å². The SMILES string of the molecule is COC1(CS(=O)(=O)N2C[C@@H](C(=O)Nc3cncc4ccccc34)c3cc(Cl)ccc3C2=O)CC1. The van der Waals surface area contributed by atoms with Gasteiger partial charge in [0, 0.05) is 34.7 Å². The third-order valence-corrected chi connectivity index (χ3v) is 8.57. The fourth-order valence-corrected chi connectivity index (χ4v) is 6.49. The van der Waals surface area contributed by atoms with Gasteiger partial charge in [0.2, 0.25) is 15.9 Å². The van der Waals surface area contributed by atoms with E-state index in [2.05, 4.69) is 10.3 Å². The zero-order chi connectivity index (χ0) is 24.1. The zero-order valence-electron chi connectivity index (χ0n) is 18.3. The summed E-state index contributed by atoms with van der Waals surface area (Å²) in [6.45, 7) is -0.321. The van der Waals surface area contributed by atoms with Gasteiger partial charge < -0.3 is 10.1 Å². The van der Waals surface area contributed by atoms with E-state index in [4.69, 9.17) is 16.3 Å². The number of carbonyl (C=O) groups is 2. The number of rotatable bonds is 6. The number of fused-ring (bicyclic) bond motifs is 2. The molecule has 2 aromatic carbocycles. The van der Waals surface area contributed by atoms with E-state index in [1.165, 1.54) is 25.4 Å². The first-order valence-corrected chi connectivity index (χ1v) is 12.7. The van der Waals surface area contributed by atoms with Crippen LogP contribution in [0.4, 0.5) is 5.69 Å². The van der Waals surface area contributed by atoms with E-state index in [0.29, 0.717) is 29.1 Å². The molecule has 10 heteroatoms. The molecule has 0 bridgehead atoms. The molecule has 2 heterocycles. The van der Waals surface area contributed by atoms with Crippen LogP contribution in [0.3, 0.4) is 0 Å². The fourth-order valence-electron chi connectivity index (χ4n) is 4.36. The van der Waals surface area contributed by atoms with Gasteiger partial charge in [0.05, 0.1) is 35.7 Å². The van der Waals surface area contributed by atoms with Gasteiger partial charge in [-0.25, -0.2) is 12.7 Å². The summed E-state index contributed by atoms with van der Waals surface area (Å²) in [5.74, 6) is -2.39. The van der Waals surface area contributed by atoms with E-state index in [1.807, 2.05) is 24.3 Å². The van der Waals surface area contributed by atoms with E-state index >= 15 is 0 Å². The third-order valence-electron chi connectivity index (χ3n) is 6.46. The Morgan fingerprint density at radius 1 is 1.24 bits per heavy atom. The van der Waals surface area contributed by atoms with E-state index in [0.717, 1.165) is 15.1 Å². The molecule has 1 aliphatic carbocycles. The standard InChI is InChI=1S/C24H22ClN3O5S/c1-33-24(8-9-24)14-34(31,32)28-13-20(19-10-16(25)6-7-18(19)23(28)30)22(29)27-21-12-26-11-15-4-2-3-5-17(15)21/h2-7,10-12,20H,8-9,13-14H2,1H3,(H,27,29)/t20-/m1/s1. The van der Waals surface area contributed by atoms with Crippen molar-refractivity contribution in [3.8, 4) is 0 Å². The Balaban J connectivity index is 1.51. The highest BCUT2D eigenvalue weighted by molar-refractivity contribution is 7.89. The van der Waals surface area contributed by atoms with Crippen molar-refractivity contribution in [1.29, 1.82) is 0 Å². The highest BCUT2D eigenvalue weighted by atomic mass is 35.5. The Hall–Kier alpha value is -3.01. The van der Waals surface area contributed by atoms with E-state index in [1.54, 1.807) is 12.3 Å². The van der Waals surface area contributed by atoms with Crippen molar-refractivity contribution in [2.24, 2.45) is 0 Å². The number of sulfonamides is 1. The lowest BCUT2D eigenvalue weighted by Crippen LogP contribution is -2.49. The topological polar surface area (TPSA) is 106 Å². The lowest BCUT2D eigenvalue weighted by Gasteiger charge is -2.34. The molecule has 1 saturated carbocycles. The molecule has 2 amide bonds. The summed E-state index contributed by atoms with van der Waals surface area (Å²) in [6, 6.07) is 12.0. The number of ether oxygens (including phenoxy) is 1. The smallest absolute Gasteiger partial charge is 0.267 e. The van der Waals surface area contributed by atoms with Crippen molar-refractivity contribution in [1.82, 2.24) is 9.29 Å². The Morgan fingerprint density at radius 2 is 2.00 bits per heavy atom. The number of carbonyl (C=O) groups excluding carboxylic acids is 2. The summed E-state index contributed by atoms with van der Waals surface area (Å²) in [6.07, 6.45) is 4.44. The molecule has 176 valence electrons. The first kappa shape index (κ1) is 22.8. The number of halogens is 1. The zero-order valence-corrected chi connectivity index (χ0v) is 19.9. The van der Waals surface area contributed by atoms with E-state index in [-0.39, 0.29) is 17.9 Å². The number of benzene rings is 2. The van der Waals surface area contributed by atoms with Gasteiger partial charge >= 0.3 is 0 Å². The maximum Gasteiger partial charge on any atom is 0.267 e. The van der Waals surface area contributed by atoms with Crippen LogP contribution < -0.4 is 5.32 Å². The van der Waals surface area contributed by atoms with Crippen molar-refractivity contribution in [3.05, 3.63) is 71.0 Å². The van der Waals surface area contributed by atoms with Crippen LogP contribution >= 0.6 is 11.6 Å². The average Bonchev–Trinajstić information content (AvgIpc) is 3.58. The molecule has 0 radical (unpaired) electrons. The van der Waals surface area contributed by atoms with Crippen molar-refractivity contribution in [2.45, 2.75) is 24.4 Å². The normalized spacial score (nSPS) is 19.1. The minimum absolute atomic E-state index is 0.137. The molecule has 3 aromatic rings. The summed E-state index contributed by atoms with van der Waals surface area (Å²) in [5.41, 5.74) is 0.251. The van der Waals surface area contributed by atoms with Crippen molar-refractivity contribution in [2.75, 3.05) is 24.7 Å². The Bertz CT molecular complexity index is 1420. The second-order valence-corrected chi connectivity index (χ2v) is 11.0. The molecule has 0 spiro atoms. The number of hydrogen-bond donors (Lipinski definition) is 1. The summed E-state index contributed by atoms with van der Waals surface area (Å²) in [4.78, 5) is 30.9. The predicted molar refractivity (Wildman–Crippen MR) is 128 cm³/mol. The summed E-state index contributed by atoms with van der Waals surface area (Å²) in [5, 5.41) is 4.87.